The Morgan fingerprint density at radius 1 is 0.731 bits per heavy atom. The van der Waals surface area contributed by atoms with Crippen molar-refractivity contribution in [2.75, 3.05) is 0 Å². The maximum absolute atomic E-state index is 13.7. The van der Waals surface area contributed by atoms with Crippen molar-refractivity contribution in [1.29, 1.82) is 0 Å². The topological polar surface area (TPSA) is 12.4 Å². The minimum Gasteiger partial charge on any atom is -0.255 e. The highest BCUT2D eigenvalue weighted by molar-refractivity contribution is 6.30. The number of nitrogens with zero attached hydrogens (tertiary/aromatic N) is 1. The third-order valence-corrected chi connectivity index (χ3v) is 4.26. The van der Waals surface area contributed by atoms with Crippen LogP contribution in [-0.4, -0.2) is 23.6 Å². The highest BCUT2D eigenvalue weighted by Crippen LogP contribution is 2.56. The van der Waals surface area contributed by atoms with E-state index in [-0.39, 0.29) is 11.1 Å². The third kappa shape index (κ3) is 2.90. The zero-order chi connectivity index (χ0) is 19.2. The molecule has 3 rings (SSSR count). The fourth-order valence-corrected chi connectivity index (χ4v) is 2.91. The molecule has 0 amide bonds. The van der Waals surface area contributed by atoms with Gasteiger partial charge in [0.25, 0.3) is 5.54 Å². The number of halogens is 7. The van der Waals surface area contributed by atoms with E-state index in [0.29, 0.717) is 5.02 Å². The van der Waals surface area contributed by atoms with Gasteiger partial charge in [-0.1, -0.05) is 54.1 Å². The Morgan fingerprint density at radius 2 is 1.27 bits per heavy atom. The van der Waals surface area contributed by atoms with E-state index in [2.05, 4.69) is 4.99 Å². The SMILES string of the molecule is FC(F)(F)C1(C(F)(F)F)N=C(c2ccc(Cl)cc2)C=C1c1ccccc1. The van der Waals surface area contributed by atoms with Crippen LogP contribution in [0.25, 0.3) is 5.57 Å². The van der Waals surface area contributed by atoms with Crippen molar-refractivity contribution in [2.24, 2.45) is 4.99 Å². The number of benzene rings is 2. The lowest BCUT2D eigenvalue weighted by atomic mass is 9.85. The van der Waals surface area contributed by atoms with Crippen molar-refractivity contribution >= 4 is 22.9 Å². The zero-order valence-electron chi connectivity index (χ0n) is 12.9. The maximum atomic E-state index is 13.7. The molecule has 8 heteroatoms. The number of rotatable bonds is 2. The van der Waals surface area contributed by atoms with Gasteiger partial charge in [0.1, 0.15) is 0 Å². The van der Waals surface area contributed by atoms with E-state index in [1.54, 1.807) is 0 Å². The molecule has 1 nitrogen and oxygen atoms in total. The van der Waals surface area contributed by atoms with Crippen LogP contribution in [0, 0.1) is 0 Å². The molecule has 0 bridgehead atoms. The summed E-state index contributed by atoms with van der Waals surface area (Å²) in [6.45, 7) is 0. The Balaban J connectivity index is 2.28. The molecule has 0 N–H and O–H groups in total. The number of alkyl halides is 6. The van der Waals surface area contributed by atoms with Gasteiger partial charge in [-0.2, -0.15) is 26.3 Å². The molecule has 0 spiro atoms. The van der Waals surface area contributed by atoms with E-state index >= 15 is 0 Å². The first kappa shape index (κ1) is 18.5. The summed E-state index contributed by atoms with van der Waals surface area (Å²) in [6.07, 6.45) is -10.5. The van der Waals surface area contributed by atoms with E-state index in [9.17, 15) is 26.3 Å². The van der Waals surface area contributed by atoms with E-state index in [4.69, 9.17) is 11.6 Å². The molecule has 0 unspecified atom stereocenters. The van der Waals surface area contributed by atoms with Crippen LogP contribution >= 0.6 is 11.6 Å². The zero-order valence-corrected chi connectivity index (χ0v) is 13.6. The van der Waals surface area contributed by atoms with Gasteiger partial charge in [0.05, 0.1) is 5.71 Å². The van der Waals surface area contributed by atoms with Crippen LogP contribution in [0.5, 0.6) is 0 Å². The largest absolute Gasteiger partial charge is 0.426 e. The lowest BCUT2D eigenvalue weighted by Gasteiger charge is -2.33. The first-order valence-corrected chi connectivity index (χ1v) is 7.71. The van der Waals surface area contributed by atoms with Crippen LogP contribution in [0.2, 0.25) is 5.02 Å². The molecule has 2 aromatic carbocycles. The Morgan fingerprint density at radius 3 is 1.77 bits per heavy atom. The second kappa shape index (κ2) is 6.16. The van der Waals surface area contributed by atoms with Gasteiger partial charge in [-0.05, 0) is 29.3 Å². The van der Waals surface area contributed by atoms with Crippen molar-refractivity contribution in [3.05, 3.63) is 76.8 Å². The number of hydrogen-bond donors (Lipinski definition) is 0. The van der Waals surface area contributed by atoms with E-state index in [1.165, 1.54) is 54.6 Å². The Labute approximate surface area is 149 Å². The normalized spacial score (nSPS) is 17.0. The minimum absolute atomic E-state index is 0.109. The highest BCUT2D eigenvalue weighted by atomic mass is 35.5. The average Bonchev–Trinajstić information content (AvgIpc) is 2.98. The molecule has 0 aromatic heterocycles. The number of aliphatic imine (C=N–C) groups is 1. The van der Waals surface area contributed by atoms with Gasteiger partial charge in [0.2, 0.25) is 0 Å². The molecule has 0 saturated heterocycles. The van der Waals surface area contributed by atoms with Gasteiger partial charge < -0.3 is 0 Å². The van der Waals surface area contributed by atoms with Gasteiger partial charge in [0, 0.05) is 10.6 Å². The minimum atomic E-state index is -5.67. The first-order chi connectivity index (χ1) is 12.1. The van der Waals surface area contributed by atoms with E-state index < -0.39 is 29.2 Å². The molecule has 26 heavy (non-hydrogen) atoms. The molecule has 0 atom stereocenters. The van der Waals surface area contributed by atoms with E-state index in [1.807, 2.05) is 0 Å². The fourth-order valence-electron chi connectivity index (χ4n) is 2.79. The lowest BCUT2D eigenvalue weighted by molar-refractivity contribution is -0.273. The third-order valence-electron chi connectivity index (χ3n) is 4.00. The summed E-state index contributed by atoms with van der Waals surface area (Å²) >= 11 is 5.73. The van der Waals surface area contributed by atoms with Crippen LogP contribution in [0.15, 0.2) is 65.7 Å². The lowest BCUT2D eigenvalue weighted by Crippen LogP contribution is -2.55. The summed E-state index contributed by atoms with van der Waals surface area (Å²) in [4.78, 5) is 3.15. The summed E-state index contributed by atoms with van der Waals surface area (Å²) < 4.78 is 82.3. The van der Waals surface area contributed by atoms with Crippen molar-refractivity contribution < 1.29 is 26.3 Å². The van der Waals surface area contributed by atoms with Crippen LogP contribution in [0.4, 0.5) is 26.3 Å². The molecule has 0 fully saturated rings. The first-order valence-electron chi connectivity index (χ1n) is 7.33. The molecule has 1 aliphatic rings. The standard InChI is InChI=1S/C18H10ClF6N/c19-13-8-6-12(7-9-13)15-10-14(11-4-2-1-3-5-11)16(26-15,17(20,21)22)18(23,24)25/h1-10H. The molecule has 136 valence electrons. The van der Waals surface area contributed by atoms with Gasteiger partial charge in [-0.25, -0.2) is 0 Å². The van der Waals surface area contributed by atoms with Crippen molar-refractivity contribution in [3.8, 4) is 0 Å². The Kier molecular flexibility index (Phi) is 4.38. The predicted molar refractivity (Wildman–Crippen MR) is 87.2 cm³/mol. The van der Waals surface area contributed by atoms with Gasteiger partial charge in [-0.15, -0.1) is 0 Å². The Bertz CT molecular complexity index is 849. The molecule has 0 saturated carbocycles. The summed E-state index contributed by atoms with van der Waals surface area (Å²) in [5, 5.41) is 0.303. The van der Waals surface area contributed by atoms with Crippen LogP contribution < -0.4 is 0 Å². The van der Waals surface area contributed by atoms with Crippen molar-refractivity contribution in [1.82, 2.24) is 0 Å². The van der Waals surface area contributed by atoms with E-state index in [0.717, 1.165) is 6.08 Å². The summed E-state index contributed by atoms with van der Waals surface area (Å²) in [6, 6.07) is 12.0. The monoisotopic (exact) mass is 389 g/mol. The van der Waals surface area contributed by atoms with Crippen molar-refractivity contribution in [2.45, 2.75) is 17.9 Å². The molecule has 1 aliphatic heterocycles. The molecule has 0 aliphatic carbocycles. The van der Waals surface area contributed by atoms with Crippen molar-refractivity contribution in [3.63, 3.8) is 0 Å². The molecule has 0 radical (unpaired) electrons. The smallest absolute Gasteiger partial charge is 0.255 e. The van der Waals surface area contributed by atoms with Gasteiger partial charge in [-0.3, -0.25) is 4.99 Å². The second-order valence-corrected chi connectivity index (χ2v) is 6.07. The maximum Gasteiger partial charge on any atom is 0.426 e. The fraction of sp³-hybridized carbons (Fsp3) is 0.167. The average molecular weight is 390 g/mol. The van der Waals surface area contributed by atoms with Crippen LogP contribution in [0.1, 0.15) is 11.1 Å². The summed E-state index contributed by atoms with van der Waals surface area (Å²) in [7, 11) is 0. The number of allylic oxidation sites excluding steroid dienone is 1. The van der Waals surface area contributed by atoms with Crippen LogP contribution in [-0.2, 0) is 0 Å². The Hall–Kier alpha value is -2.28. The molecular weight excluding hydrogens is 380 g/mol. The molecule has 1 heterocycles. The highest BCUT2D eigenvalue weighted by Gasteiger charge is 2.74. The van der Waals surface area contributed by atoms with Gasteiger partial charge in [0.15, 0.2) is 0 Å². The second-order valence-electron chi connectivity index (χ2n) is 5.63. The van der Waals surface area contributed by atoms with Crippen LogP contribution in [0.3, 0.4) is 0 Å². The molecular formula is C18H10ClF6N. The predicted octanol–water partition coefficient (Wildman–Crippen LogP) is 6.09. The number of hydrogen-bond acceptors (Lipinski definition) is 1. The summed E-state index contributed by atoms with van der Waals surface area (Å²) in [5.41, 5.74) is -5.78. The quantitative estimate of drug-likeness (QED) is 0.551. The summed E-state index contributed by atoms with van der Waals surface area (Å²) in [5.74, 6) is 0. The molecule has 2 aromatic rings. The van der Waals surface area contributed by atoms with Gasteiger partial charge >= 0.3 is 12.4 Å².